The van der Waals surface area contributed by atoms with Crippen molar-refractivity contribution in [1.29, 1.82) is 0 Å². The zero-order chi connectivity index (χ0) is 14.9. The van der Waals surface area contributed by atoms with Crippen LogP contribution in [0.15, 0.2) is 12.4 Å². The summed E-state index contributed by atoms with van der Waals surface area (Å²) in [5, 5.41) is -0.334. The van der Waals surface area contributed by atoms with Crippen molar-refractivity contribution in [1.82, 2.24) is 9.97 Å². The summed E-state index contributed by atoms with van der Waals surface area (Å²) in [5.74, 6) is 2.00. The molecule has 1 aromatic rings. The molecule has 0 aliphatic carbocycles. The van der Waals surface area contributed by atoms with E-state index < -0.39 is 9.84 Å². The predicted octanol–water partition coefficient (Wildman–Crippen LogP) is 1.09. The van der Waals surface area contributed by atoms with Crippen LogP contribution in [0.3, 0.4) is 0 Å². The van der Waals surface area contributed by atoms with Gasteiger partial charge in [-0.25, -0.2) is 18.4 Å². The Bertz CT molecular complexity index is 599. The van der Waals surface area contributed by atoms with E-state index in [-0.39, 0.29) is 11.0 Å². The number of rotatable bonds is 2. The summed E-state index contributed by atoms with van der Waals surface area (Å²) in [6, 6.07) is 2.00. The van der Waals surface area contributed by atoms with E-state index in [0.29, 0.717) is 13.1 Å². The first-order valence-corrected chi connectivity index (χ1v) is 9.31. The third kappa shape index (κ3) is 3.12. The third-order valence-electron chi connectivity index (χ3n) is 4.38. The molecule has 1 atom stereocenters. The lowest BCUT2D eigenvalue weighted by molar-refractivity contribution is 0.567. The zero-order valence-corrected chi connectivity index (χ0v) is 13.2. The van der Waals surface area contributed by atoms with Crippen LogP contribution in [0.5, 0.6) is 0 Å². The van der Waals surface area contributed by atoms with Crippen LogP contribution in [0.4, 0.5) is 11.6 Å². The van der Waals surface area contributed by atoms with E-state index >= 15 is 0 Å². The fraction of sp³-hybridized carbons (Fsp3) is 0.714. The lowest BCUT2D eigenvalue weighted by Gasteiger charge is -2.33. The number of sulfone groups is 1. The molecule has 0 saturated carbocycles. The van der Waals surface area contributed by atoms with E-state index in [1.807, 2.05) is 6.07 Å². The van der Waals surface area contributed by atoms with Gasteiger partial charge in [-0.05, 0) is 26.2 Å². The van der Waals surface area contributed by atoms with Gasteiger partial charge in [0.25, 0.3) is 0 Å². The van der Waals surface area contributed by atoms with Crippen molar-refractivity contribution >= 4 is 21.5 Å². The van der Waals surface area contributed by atoms with Gasteiger partial charge in [0.1, 0.15) is 18.0 Å². The molecule has 6 nitrogen and oxygen atoms in total. The van der Waals surface area contributed by atoms with Crippen LogP contribution in [0, 0.1) is 0 Å². The summed E-state index contributed by atoms with van der Waals surface area (Å²) in [5.41, 5.74) is 0. The minimum absolute atomic E-state index is 0.206. The Labute approximate surface area is 126 Å². The Kier molecular flexibility index (Phi) is 4.01. The van der Waals surface area contributed by atoms with Gasteiger partial charge in [-0.3, -0.25) is 0 Å². The maximum absolute atomic E-state index is 11.8. The summed E-state index contributed by atoms with van der Waals surface area (Å²) in [6.07, 6.45) is 5.29. The van der Waals surface area contributed by atoms with Crippen LogP contribution < -0.4 is 9.80 Å². The Morgan fingerprint density at radius 2 is 1.71 bits per heavy atom. The standard InChI is InChI=1S/C14H22N4O2S/c1-12-10-18(7-8-21(12,19)20)14-9-13(15-11-16-14)17-5-3-2-4-6-17/h9,11-12H,2-8,10H2,1H3/t12-/m1/s1. The van der Waals surface area contributed by atoms with Gasteiger partial charge >= 0.3 is 0 Å². The summed E-state index contributed by atoms with van der Waals surface area (Å²) in [7, 11) is -2.93. The Hall–Kier alpha value is -1.37. The Morgan fingerprint density at radius 1 is 1.05 bits per heavy atom. The largest absolute Gasteiger partial charge is 0.356 e. The molecule has 0 radical (unpaired) electrons. The van der Waals surface area contributed by atoms with Gasteiger partial charge in [0.2, 0.25) is 0 Å². The molecule has 2 aliphatic heterocycles. The van der Waals surface area contributed by atoms with E-state index in [2.05, 4.69) is 19.8 Å². The molecular weight excluding hydrogens is 288 g/mol. The van der Waals surface area contributed by atoms with Crippen molar-refractivity contribution < 1.29 is 8.42 Å². The lowest BCUT2D eigenvalue weighted by Crippen LogP contribution is -2.46. The summed E-state index contributed by atoms with van der Waals surface area (Å²) >= 11 is 0. The predicted molar refractivity (Wildman–Crippen MR) is 83.6 cm³/mol. The molecule has 0 N–H and O–H groups in total. The van der Waals surface area contributed by atoms with Crippen LogP contribution in [0.1, 0.15) is 26.2 Å². The van der Waals surface area contributed by atoms with Crippen LogP contribution in [-0.4, -0.2) is 55.6 Å². The maximum Gasteiger partial charge on any atom is 0.156 e. The fourth-order valence-electron chi connectivity index (χ4n) is 2.97. The van der Waals surface area contributed by atoms with Crippen molar-refractivity contribution in [2.24, 2.45) is 0 Å². The van der Waals surface area contributed by atoms with Crippen molar-refractivity contribution in [2.45, 2.75) is 31.4 Å². The normalized spacial score (nSPS) is 25.9. The van der Waals surface area contributed by atoms with Gasteiger partial charge in [-0.1, -0.05) is 0 Å². The molecule has 0 aromatic carbocycles. The van der Waals surface area contributed by atoms with Crippen LogP contribution in [0.25, 0.3) is 0 Å². The van der Waals surface area contributed by atoms with Crippen molar-refractivity contribution in [3.05, 3.63) is 12.4 Å². The highest BCUT2D eigenvalue weighted by Crippen LogP contribution is 2.23. The van der Waals surface area contributed by atoms with Gasteiger partial charge < -0.3 is 9.80 Å². The molecule has 0 spiro atoms. The molecule has 0 amide bonds. The van der Waals surface area contributed by atoms with Crippen molar-refractivity contribution in [2.75, 3.05) is 41.7 Å². The van der Waals surface area contributed by atoms with Crippen molar-refractivity contribution in [3.8, 4) is 0 Å². The molecule has 0 unspecified atom stereocenters. The van der Waals surface area contributed by atoms with E-state index in [0.717, 1.165) is 24.7 Å². The lowest BCUT2D eigenvalue weighted by atomic mass is 10.1. The highest BCUT2D eigenvalue weighted by Gasteiger charge is 2.30. The molecule has 2 saturated heterocycles. The molecule has 2 aliphatic rings. The minimum atomic E-state index is -2.93. The summed E-state index contributed by atoms with van der Waals surface area (Å²) in [6.45, 7) is 4.89. The average Bonchev–Trinajstić information content (AvgIpc) is 2.51. The number of anilines is 2. The van der Waals surface area contributed by atoms with Gasteiger partial charge in [0.15, 0.2) is 9.84 Å². The quantitative estimate of drug-likeness (QED) is 0.814. The van der Waals surface area contributed by atoms with Crippen LogP contribution in [-0.2, 0) is 9.84 Å². The Morgan fingerprint density at radius 3 is 2.38 bits per heavy atom. The number of hydrogen-bond donors (Lipinski definition) is 0. The molecular formula is C14H22N4O2S. The topological polar surface area (TPSA) is 66.4 Å². The second kappa shape index (κ2) is 5.79. The van der Waals surface area contributed by atoms with Gasteiger partial charge in [0, 0.05) is 32.2 Å². The average molecular weight is 310 g/mol. The van der Waals surface area contributed by atoms with E-state index in [1.165, 1.54) is 19.3 Å². The minimum Gasteiger partial charge on any atom is -0.356 e. The summed E-state index contributed by atoms with van der Waals surface area (Å²) < 4.78 is 23.6. The fourth-order valence-corrected chi connectivity index (χ4v) is 4.25. The number of nitrogens with zero attached hydrogens (tertiary/aromatic N) is 4. The van der Waals surface area contributed by atoms with E-state index in [9.17, 15) is 8.42 Å². The smallest absolute Gasteiger partial charge is 0.156 e. The molecule has 3 heterocycles. The van der Waals surface area contributed by atoms with Crippen molar-refractivity contribution in [3.63, 3.8) is 0 Å². The molecule has 7 heteroatoms. The maximum atomic E-state index is 11.8. The molecule has 0 bridgehead atoms. The molecule has 1 aromatic heterocycles. The first-order valence-electron chi connectivity index (χ1n) is 7.60. The number of piperidine rings is 1. The first kappa shape index (κ1) is 14.6. The zero-order valence-electron chi connectivity index (χ0n) is 12.4. The Balaban J connectivity index is 1.77. The molecule has 3 rings (SSSR count). The number of hydrogen-bond acceptors (Lipinski definition) is 6. The van der Waals surface area contributed by atoms with E-state index in [1.54, 1.807) is 13.3 Å². The third-order valence-corrected chi connectivity index (χ3v) is 6.51. The molecule has 2 fully saturated rings. The van der Waals surface area contributed by atoms with Crippen LogP contribution in [0.2, 0.25) is 0 Å². The van der Waals surface area contributed by atoms with Gasteiger partial charge in [-0.2, -0.15) is 0 Å². The first-order chi connectivity index (χ1) is 10.1. The SMILES string of the molecule is C[C@@H]1CN(c2cc(N3CCCCC3)ncn2)CCS1(=O)=O. The molecule has 21 heavy (non-hydrogen) atoms. The second-order valence-corrected chi connectivity index (χ2v) is 8.44. The van der Waals surface area contributed by atoms with Gasteiger partial charge in [0.05, 0.1) is 11.0 Å². The summed E-state index contributed by atoms with van der Waals surface area (Å²) in [4.78, 5) is 13.1. The highest BCUT2D eigenvalue weighted by molar-refractivity contribution is 7.92. The number of aromatic nitrogens is 2. The van der Waals surface area contributed by atoms with E-state index in [4.69, 9.17) is 0 Å². The molecule has 116 valence electrons. The highest BCUT2D eigenvalue weighted by atomic mass is 32.2. The second-order valence-electron chi connectivity index (χ2n) is 5.91. The van der Waals surface area contributed by atoms with Gasteiger partial charge in [-0.15, -0.1) is 0 Å². The van der Waals surface area contributed by atoms with Crippen LogP contribution >= 0.6 is 0 Å². The monoisotopic (exact) mass is 310 g/mol.